The Kier molecular flexibility index (Phi) is 8.21. The number of piperazine rings is 1. The highest BCUT2D eigenvalue weighted by Gasteiger charge is 2.30. The van der Waals surface area contributed by atoms with Crippen LogP contribution in [0.4, 0.5) is 0 Å². The van der Waals surface area contributed by atoms with E-state index in [1.165, 1.54) is 39.9 Å². The number of nitrogens with zero attached hydrogens (tertiary/aromatic N) is 2. The van der Waals surface area contributed by atoms with Gasteiger partial charge in [-0.25, -0.2) is 8.42 Å². The van der Waals surface area contributed by atoms with Gasteiger partial charge >= 0.3 is 0 Å². The number of halogens is 1. The van der Waals surface area contributed by atoms with Crippen LogP contribution < -0.4 is 0 Å². The van der Waals surface area contributed by atoms with Gasteiger partial charge in [0.1, 0.15) is 5.78 Å². The molecule has 0 unspecified atom stereocenters. The Balaban J connectivity index is 1.42. The van der Waals surface area contributed by atoms with Crippen LogP contribution in [0.5, 0.6) is 0 Å². The summed E-state index contributed by atoms with van der Waals surface area (Å²) in [5.41, 5.74) is 0. The minimum atomic E-state index is -3.64. The fraction of sp³-hybridized carbons (Fsp3) is 0.409. The van der Waals surface area contributed by atoms with Crippen molar-refractivity contribution >= 4 is 50.4 Å². The number of hydrogen-bond acceptors (Lipinski definition) is 6. The van der Waals surface area contributed by atoms with Gasteiger partial charge in [-0.1, -0.05) is 11.6 Å². The molecule has 2 heterocycles. The highest BCUT2D eigenvalue weighted by atomic mass is 35.5. The van der Waals surface area contributed by atoms with Crippen LogP contribution in [0.15, 0.2) is 41.3 Å². The molecule has 1 aromatic carbocycles. The summed E-state index contributed by atoms with van der Waals surface area (Å²) in [6.45, 7) is 2.86. The van der Waals surface area contributed by atoms with Gasteiger partial charge in [0, 0.05) is 61.8 Å². The first-order valence-corrected chi connectivity index (χ1v) is 12.9. The van der Waals surface area contributed by atoms with Crippen molar-refractivity contribution in [2.45, 2.75) is 37.5 Å². The summed E-state index contributed by atoms with van der Waals surface area (Å²) in [7, 11) is -3.64. The van der Waals surface area contributed by atoms with E-state index in [4.69, 9.17) is 11.6 Å². The Morgan fingerprint density at radius 1 is 0.906 bits per heavy atom. The van der Waals surface area contributed by atoms with E-state index in [0.29, 0.717) is 9.90 Å². The third kappa shape index (κ3) is 6.25. The third-order valence-corrected chi connectivity index (χ3v) is 8.51. The maximum atomic E-state index is 12.7. The molecule has 32 heavy (non-hydrogen) atoms. The van der Waals surface area contributed by atoms with Crippen molar-refractivity contribution in [2.24, 2.45) is 0 Å². The summed E-state index contributed by atoms with van der Waals surface area (Å²) in [5, 5.41) is 0.458. The van der Waals surface area contributed by atoms with Crippen LogP contribution in [0.25, 0.3) is 0 Å². The lowest BCUT2D eigenvalue weighted by molar-refractivity contribution is -0.134. The maximum absolute atomic E-state index is 12.7. The van der Waals surface area contributed by atoms with Crippen molar-refractivity contribution in [1.29, 1.82) is 0 Å². The van der Waals surface area contributed by atoms with Crippen LogP contribution in [-0.4, -0.2) is 61.3 Å². The van der Waals surface area contributed by atoms with Crippen molar-refractivity contribution in [3.05, 3.63) is 51.2 Å². The number of thiophene rings is 1. The van der Waals surface area contributed by atoms with Crippen LogP contribution in [0.1, 0.15) is 40.2 Å². The first kappa shape index (κ1) is 24.6. The highest BCUT2D eigenvalue weighted by Crippen LogP contribution is 2.21. The quantitative estimate of drug-likeness (QED) is 0.495. The average Bonchev–Trinajstić information content (AvgIpc) is 3.22. The van der Waals surface area contributed by atoms with Crippen molar-refractivity contribution < 1.29 is 22.8 Å². The second-order valence-electron chi connectivity index (χ2n) is 7.61. The molecular formula is C22H25ClN2O5S2. The van der Waals surface area contributed by atoms with E-state index in [1.807, 2.05) is 13.0 Å². The monoisotopic (exact) mass is 496 g/mol. The molecule has 7 nitrogen and oxygen atoms in total. The van der Waals surface area contributed by atoms with Gasteiger partial charge in [-0.05, 0) is 43.3 Å². The molecule has 172 valence electrons. The van der Waals surface area contributed by atoms with Gasteiger partial charge in [0.05, 0.1) is 9.77 Å². The minimum absolute atomic E-state index is 0.0548. The van der Waals surface area contributed by atoms with E-state index in [9.17, 15) is 22.8 Å². The molecule has 1 amide bonds. The molecule has 3 rings (SSSR count). The van der Waals surface area contributed by atoms with Crippen molar-refractivity contribution in [3.63, 3.8) is 0 Å². The lowest BCUT2D eigenvalue weighted by Crippen LogP contribution is -2.50. The molecule has 0 atom stereocenters. The normalized spacial score (nSPS) is 15.0. The zero-order valence-corrected chi connectivity index (χ0v) is 20.1. The van der Waals surface area contributed by atoms with Crippen molar-refractivity contribution in [3.8, 4) is 0 Å². The van der Waals surface area contributed by atoms with E-state index in [-0.39, 0.29) is 74.2 Å². The third-order valence-electron chi connectivity index (χ3n) is 5.31. The fourth-order valence-electron chi connectivity index (χ4n) is 3.42. The Labute approximate surface area is 197 Å². The number of carbonyl (C=O) groups is 3. The van der Waals surface area contributed by atoms with Crippen molar-refractivity contribution in [2.75, 3.05) is 26.2 Å². The number of ketones is 2. The molecule has 0 N–H and O–H groups in total. The molecule has 1 saturated heterocycles. The highest BCUT2D eigenvalue weighted by molar-refractivity contribution is 7.89. The van der Waals surface area contributed by atoms with Crippen LogP contribution >= 0.6 is 22.9 Å². The number of benzene rings is 1. The largest absolute Gasteiger partial charge is 0.340 e. The molecule has 0 saturated carbocycles. The molecule has 1 aromatic heterocycles. The topological polar surface area (TPSA) is 91.8 Å². The molecule has 0 radical (unpaired) electrons. The molecular weight excluding hydrogens is 472 g/mol. The van der Waals surface area contributed by atoms with E-state index in [0.717, 1.165) is 4.88 Å². The number of Topliss-reactive ketones (excluding diaryl/α,β-unsaturated/α-hetero) is 2. The van der Waals surface area contributed by atoms with Gasteiger partial charge in [0.25, 0.3) is 0 Å². The van der Waals surface area contributed by atoms with Gasteiger partial charge < -0.3 is 4.90 Å². The summed E-state index contributed by atoms with van der Waals surface area (Å²) < 4.78 is 26.8. The average molecular weight is 497 g/mol. The molecule has 2 aromatic rings. The number of sulfonamides is 1. The van der Waals surface area contributed by atoms with Gasteiger partial charge in [-0.15, -0.1) is 11.3 Å². The second-order valence-corrected chi connectivity index (χ2v) is 11.3. The second kappa shape index (κ2) is 10.7. The molecule has 1 aliphatic rings. The lowest BCUT2D eigenvalue weighted by atomic mass is 10.1. The van der Waals surface area contributed by atoms with Gasteiger partial charge in [0.15, 0.2) is 5.78 Å². The number of carbonyl (C=O) groups excluding carboxylic acids is 3. The Morgan fingerprint density at radius 3 is 2.12 bits per heavy atom. The van der Waals surface area contributed by atoms with Crippen LogP contribution in [0.2, 0.25) is 5.02 Å². The SMILES string of the molecule is Cc1ccc(C(=O)CCC(=O)CCC(=O)N2CCN(S(=O)(=O)c3ccc(Cl)cc3)CC2)s1. The maximum Gasteiger partial charge on any atom is 0.243 e. The van der Waals surface area contributed by atoms with E-state index in [1.54, 1.807) is 11.0 Å². The van der Waals surface area contributed by atoms with Crippen LogP contribution in [-0.2, 0) is 19.6 Å². The number of amides is 1. The zero-order valence-electron chi connectivity index (χ0n) is 17.8. The molecule has 1 fully saturated rings. The zero-order chi connectivity index (χ0) is 23.3. The molecule has 0 aliphatic carbocycles. The standard InChI is InChI=1S/C22H25ClN2O5S2/c1-16-2-10-21(31-16)20(27)9-5-18(26)6-11-22(28)24-12-14-25(15-13-24)32(29,30)19-7-3-17(23)4-8-19/h2-4,7-8,10H,5-6,9,11-15H2,1H3. The summed E-state index contributed by atoms with van der Waals surface area (Å²) >= 11 is 7.24. The summed E-state index contributed by atoms with van der Waals surface area (Å²) in [6, 6.07) is 9.62. The summed E-state index contributed by atoms with van der Waals surface area (Å²) in [5.74, 6) is -0.355. The van der Waals surface area contributed by atoms with E-state index >= 15 is 0 Å². The molecule has 1 aliphatic heterocycles. The Hall–Kier alpha value is -2.07. The summed E-state index contributed by atoms with van der Waals surface area (Å²) in [6.07, 6.45) is 0.415. The van der Waals surface area contributed by atoms with Crippen molar-refractivity contribution in [1.82, 2.24) is 9.21 Å². The van der Waals surface area contributed by atoms with Crippen LogP contribution in [0.3, 0.4) is 0 Å². The number of aryl methyl sites for hydroxylation is 1. The lowest BCUT2D eigenvalue weighted by Gasteiger charge is -2.34. The minimum Gasteiger partial charge on any atom is -0.340 e. The molecule has 10 heteroatoms. The van der Waals surface area contributed by atoms with Crippen LogP contribution in [0, 0.1) is 6.92 Å². The molecule has 0 bridgehead atoms. The first-order chi connectivity index (χ1) is 15.2. The fourth-order valence-corrected chi connectivity index (χ4v) is 5.81. The predicted octanol–water partition coefficient (Wildman–Crippen LogP) is 3.56. The molecule has 0 spiro atoms. The summed E-state index contributed by atoms with van der Waals surface area (Å²) in [4.78, 5) is 40.1. The Bertz CT molecular complexity index is 1090. The number of hydrogen-bond donors (Lipinski definition) is 0. The Morgan fingerprint density at radius 2 is 1.53 bits per heavy atom. The van der Waals surface area contributed by atoms with E-state index in [2.05, 4.69) is 0 Å². The van der Waals surface area contributed by atoms with Gasteiger partial charge in [0.2, 0.25) is 15.9 Å². The van der Waals surface area contributed by atoms with Gasteiger partial charge in [-0.3, -0.25) is 14.4 Å². The van der Waals surface area contributed by atoms with Gasteiger partial charge in [-0.2, -0.15) is 4.31 Å². The first-order valence-electron chi connectivity index (χ1n) is 10.3. The smallest absolute Gasteiger partial charge is 0.243 e. The van der Waals surface area contributed by atoms with E-state index < -0.39 is 10.0 Å². The number of rotatable bonds is 9. The predicted molar refractivity (Wildman–Crippen MR) is 124 cm³/mol.